The van der Waals surface area contributed by atoms with E-state index < -0.39 is 0 Å². The van der Waals surface area contributed by atoms with Gasteiger partial charge in [-0.15, -0.1) is 0 Å². The summed E-state index contributed by atoms with van der Waals surface area (Å²) in [6.07, 6.45) is 0. The van der Waals surface area contributed by atoms with Crippen molar-refractivity contribution in [3.63, 3.8) is 0 Å². The number of carbonyl (C=O) groups excluding carboxylic acids is 2. The number of rotatable bonds is 2. The highest BCUT2D eigenvalue weighted by atomic mass is 127. The highest BCUT2D eigenvalue weighted by Gasteiger charge is 2.10. The van der Waals surface area contributed by atoms with Crippen LogP contribution in [0.5, 0.6) is 0 Å². The molecular formula is C16H14BrIN2O2. The highest BCUT2D eigenvalue weighted by Crippen LogP contribution is 2.17. The van der Waals surface area contributed by atoms with Crippen molar-refractivity contribution in [2.75, 3.05) is 0 Å². The molecule has 0 unspecified atom stereocenters. The van der Waals surface area contributed by atoms with Gasteiger partial charge in [-0.3, -0.25) is 20.4 Å². The number of halogens is 2. The van der Waals surface area contributed by atoms with Gasteiger partial charge in [-0.1, -0.05) is 28.1 Å². The first kappa shape index (κ1) is 17.0. The zero-order chi connectivity index (χ0) is 16.3. The van der Waals surface area contributed by atoms with Crippen LogP contribution in [0, 0.1) is 17.4 Å². The molecule has 0 radical (unpaired) electrons. The van der Waals surface area contributed by atoms with Crippen LogP contribution in [0.2, 0.25) is 0 Å². The third-order valence-corrected chi connectivity index (χ3v) is 5.17. The van der Waals surface area contributed by atoms with Gasteiger partial charge in [-0.2, -0.15) is 0 Å². The SMILES string of the molecule is Cc1ccc(C(=O)NNC(=O)c2ccc(C)c(I)c2)cc1Br. The van der Waals surface area contributed by atoms with Crippen LogP contribution >= 0.6 is 38.5 Å². The second-order valence-corrected chi connectivity index (χ2v) is 6.85. The van der Waals surface area contributed by atoms with E-state index in [1.165, 1.54) is 0 Å². The Morgan fingerprint density at radius 3 is 1.91 bits per heavy atom. The van der Waals surface area contributed by atoms with Gasteiger partial charge in [0.15, 0.2) is 0 Å². The molecule has 4 nitrogen and oxygen atoms in total. The maximum atomic E-state index is 12.0. The molecule has 114 valence electrons. The van der Waals surface area contributed by atoms with E-state index in [9.17, 15) is 9.59 Å². The first-order chi connectivity index (χ1) is 10.4. The number of hydrazine groups is 1. The van der Waals surface area contributed by atoms with E-state index in [1.807, 2.05) is 26.0 Å². The molecule has 2 N–H and O–H groups in total. The van der Waals surface area contributed by atoms with E-state index in [4.69, 9.17) is 0 Å². The van der Waals surface area contributed by atoms with E-state index in [0.29, 0.717) is 11.1 Å². The topological polar surface area (TPSA) is 58.2 Å². The molecule has 2 aromatic rings. The van der Waals surface area contributed by atoms with Gasteiger partial charge in [0.05, 0.1) is 0 Å². The third kappa shape index (κ3) is 4.07. The van der Waals surface area contributed by atoms with Crippen molar-refractivity contribution >= 4 is 50.3 Å². The molecule has 2 aromatic carbocycles. The smallest absolute Gasteiger partial charge is 0.267 e. The summed E-state index contributed by atoms with van der Waals surface area (Å²) < 4.78 is 1.85. The first-order valence-corrected chi connectivity index (χ1v) is 8.38. The lowest BCUT2D eigenvalue weighted by molar-refractivity contribution is 0.0846. The summed E-state index contributed by atoms with van der Waals surface area (Å²) in [5.74, 6) is -0.715. The minimum atomic E-state index is -0.365. The molecule has 0 saturated heterocycles. The quantitative estimate of drug-likeness (QED) is 0.516. The number of aryl methyl sites for hydroxylation is 2. The number of hydrogen-bond acceptors (Lipinski definition) is 2. The highest BCUT2D eigenvalue weighted by molar-refractivity contribution is 14.1. The Labute approximate surface area is 150 Å². The van der Waals surface area contributed by atoms with Gasteiger partial charge in [0, 0.05) is 19.2 Å². The fourth-order valence-corrected chi connectivity index (χ4v) is 2.62. The molecule has 22 heavy (non-hydrogen) atoms. The predicted molar refractivity (Wildman–Crippen MR) is 97.7 cm³/mol. The van der Waals surface area contributed by atoms with Crippen LogP contribution in [0.1, 0.15) is 31.8 Å². The summed E-state index contributed by atoms with van der Waals surface area (Å²) >= 11 is 5.55. The molecular weight excluding hydrogens is 459 g/mol. The Morgan fingerprint density at radius 1 is 0.909 bits per heavy atom. The molecule has 0 atom stereocenters. The number of benzene rings is 2. The van der Waals surface area contributed by atoms with Gasteiger partial charge in [-0.25, -0.2) is 0 Å². The molecule has 6 heteroatoms. The minimum absolute atomic E-state index is 0.350. The van der Waals surface area contributed by atoms with Crippen molar-refractivity contribution in [2.24, 2.45) is 0 Å². The molecule has 0 fully saturated rings. The van der Waals surface area contributed by atoms with Crippen molar-refractivity contribution in [1.82, 2.24) is 10.9 Å². The maximum Gasteiger partial charge on any atom is 0.269 e. The van der Waals surface area contributed by atoms with Crippen molar-refractivity contribution in [3.05, 3.63) is 66.7 Å². The Bertz CT molecular complexity index is 683. The van der Waals surface area contributed by atoms with Crippen molar-refractivity contribution < 1.29 is 9.59 Å². The second kappa shape index (κ2) is 7.23. The summed E-state index contributed by atoms with van der Waals surface area (Å²) in [6.45, 7) is 3.91. The fourth-order valence-electron chi connectivity index (χ4n) is 1.73. The van der Waals surface area contributed by atoms with E-state index in [1.54, 1.807) is 24.3 Å². The maximum absolute atomic E-state index is 12.0. The average Bonchev–Trinajstić information content (AvgIpc) is 2.50. The summed E-state index contributed by atoms with van der Waals surface area (Å²) in [5.41, 5.74) is 7.95. The van der Waals surface area contributed by atoms with Gasteiger partial charge in [0.25, 0.3) is 11.8 Å². The van der Waals surface area contributed by atoms with Gasteiger partial charge in [-0.05, 0) is 71.8 Å². The van der Waals surface area contributed by atoms with Gasteiger partial charge in [0.1, 0.15) is 0 Å². The molecule has 0 bridgehead atoms. The van der Waals surface area contributed by atoms with Gasteiger partial charge in [0.2, 0.25) is 0 Å². The standard InChI is InChI=1S/C16H14BrIN2O2/c1-9-3-5-11(7-13(9)17)15(21)19-20-16(22)12-6-4-10(2)14(18)8-12/h3-8H,1-2H3,(H,19,21)(H,20,22). The summed E-state index contributed by atoms with van der Waals surface area (Å²) in [7, 11) is 0. The lowest BCUT2D eigenvalue weighted by atomic mass is 10.1. The van der Waals surface area contributed by atoms with Crippen LogP contribution in [0.4, 0.5) is 0 Å². The molecule has 0 heterocycles. The Hall–Kier alpha value is -1.41. The summed E-state index contributed by atoms with van der Waals surface area (Å²) in [4.78, 5) is 24.0. The van der Waals surface area contributed by atoms with Gasteiger partial charge >= 0.3 is 0 Å². The Balaban J connectivity index is 2.02. The van der Waals surface area contributed by atoms with Crippen LogP contribution in [0.15, 0.2) is 40.9 Å². The second-order valence-electron chi connectivity index (χ2n) is 4.84. The Kier molecular flexibility index (Phi) is 5.57. The number of hydrogen-bond donors (Lipinski definition) is 2. The van der Waals surface area contributed by atoms with Crippen molar-refractivity contribution in [2.45, 2.75) is 13.8 Å². The molecule has 0 aliphatic carbocycles. The van der Waals surface area contributed by atoms with Crippen LogP contribution in [-0.2, 0) is 0 Å². The van der Waals surface area contributed by atoms with E-state index in [2.05, 4.69) is 49.4 Å². The molecule has 0 aromatic heterocycles. The average molecular weight is 473 g/mol. The zero-order valence-corrected chi connectivity index (χ0v) is 15.8. The molecule has 2 rings (SSSR count). The summed E-state index contributed by atoms with van der Waals surface area (Å²) in [6, 6.07) is 10.6. The van der Waals surface area contributed by atoms with Crippen LogP contribution < -0.4 is 10.9 Å². The fraction of sp³-hybridized carbons (Fsp3) is 0.125. The number of carbonyl (C=O) groups is 2. The monoisotopic (exact) mass is 472 g/mol. The van der Waals surface area contributed by atoms with E-state index in [0.717, 1.165) is 19.2 Å². The predicted octanol–water partition coefficient (Wildman–Crippen LogP) is 3.75. The van der Waals surface area contributed by atoms with E-state index >= 15 is 0 Å². The summed E-state index contributed by atoms with van der Waals surface area (Å²) in [5, 5.41) is 0. The lowest BCUT2D eigenvalue weighted by Crippen LogP contribution is -2.41. The molecule has 0 aliphatic heterocycles. The molecule has 2 amide bonds. The number of amides is 2. The van der Waals surface area contributed by atoms with Crippen LogP contribution in [0.25, 0.3) is 0 Å². The van der Waals surface area contributed by atoms with Crippen molar-refractivity contribution in [3.8, 4) is 0 Å². The molecule has 0 aliphatic rings. The third-order valence-electron chi connectivity index (χ3n) is 3.16. The Morgan fingerprint density at radius 2 is 1.41 bits per heavy atom. The largest absolute Gasteiger partial charge is 0.269 e. The zero-order valence-electron chi connectivity index (χ0n) is 12.0. The normalized spacial score (nSPS) is 10.2. The number of nitrogens with one attached hydrogen (secondary N) is 2. The van der Waals surface area contributed by atoms with E-state index in [-0.39, 0.29) is 11.8 Å². The van der Waals surface area contributed by atoms with Crippen LogP contribution in [0.3, 0.4) is 0 Å². The minimum Gasteiger partial charge on any atom is -0.267 e. The molecule has 0 saturated carbocycles. The van der Waals surface area contributed by atoms with Crippen molar-refractivity contribution in [1.29, 1.82) is 0 Å². The molecule has 0 spiro atoms. The van der Waals surface area contributed by atoms with Crippen LogP contribution in [-0.4, -0.2) is 11.8 Å². The first-order valence-electron chi connectivity index (χ1n) is 6.51. The van der Waals surface area contributed by atoms with Gasteiger partial charge < -0.3 is 0 Å². The lowest BCUT2D eigenvalue weighted by Gasteiger charge is -2.09.